The summed E-state index contributed by atoms with van der Waals surface area (Å²) in [4.78, 5) is 37.3. The van der Waals surface area contributed by atoms with E-state index in [0.29, 0.717) is 42.1 Å². The molecule has 5 atom stereocenters. The van der Waals surface area contributed by atoms with Crippen LogP contribution in [-0.2, 0) is 19.1 Å². The first-order chi connectivity index (χ1) is 13.4. The van der Waals surface area contributed by atoms with E-state index in [1.807, 2.05) is 12.2 Å². The largest absolute Gasteiger partial charge is 0.423 e. The van der Waals surface area contributed by atoms with E-state index in [9.17, 15) is 14.4 Å². The number of carbonyl (C=O) groups is 3. The number of Topliss-reactive ketones (excluding diaryl/α,β-unsaturated/α-hetero) is 2. The van der Waals surface area contributed by atoms with E-state index in [-0.39, 0.29) is 29.0 Å². The summed E-state index contributed by atoms with van der Waals surface area (Å²) in [5.74, 6) is 1.36. The third-order valence-electron chi connectivity index (χ3n) is 8.24. The lowest BCUT2D eigenvalue weighted by Crippen LogP contribution is -2.52. The van der Waals surface area contributed by atoms with Gasteiger partial charge in [0.2, 0.25) is 0 Å². The van der Waals surface area contributed by atoms with Gasteiger partial charge in [0, 0.05) is 30.1 Å². The maximum atomic E-state index is 12.7. The summed E-state index contributed by atoms with van der Waals surface area (Å²) in [6, 6.07) is 0. The van der Waals surface area contributed by atoms with Gasteiger partial charge >= 0.3 is 5.97 Å². The molecule has 4 aliphatic rings. The Hall–Kier alpha value is -1.97. The monoisotopic (exact) mass is 382 g/mol. The van der Waals surface area contributed by atoms with Gasteiger partial charge in [0.25, 0.3) is 0 Å². The summed E-state index contributed by atoms with van der Waals surface area (Å²) in [6.45, 7) is 9.95. The van der Waals surface area contributed by atoms with Gasteiger partial charge < -0.3 is 4.74 Å². The summed E-state index contributed by atoms with van der Waals surface area (Å²) in [5.41, 5.74) is 0.337. The number of carbonyl (C=O) groups excluding carboxylic acids is 3. The predicted molar refractivity (Wildman–Crippen MR) is 106 cm³/mol. The van der Waals surface area contributed by atoms with Gasteiger partial charge in [-0.25, -0.2) is 0 Å². The summed E-state index contributed by atoms with van der Waals surface area (Å²) in [7, 11) is 0. The van der Waals surface area contributed by atoms with Gasteiger partial charge in [0.15, 0.2) is 11.5 Å². The van der Waals surface area contributed by atoms with Gasteiger partial charge in [-0.15, -0.1) is 13.2 Å². The number of fused-ring (bicyclic) bond motifs is 5. The minimum absolute atomic E-state index is 0.0555. The number of ketones is 2. The van der Waals surface area contributed by atoms with Crippen molar-refractivity contribution in [3.05, 3.63) is 36.6 Å². The lowest BCUT2D eigenvalue weighted by atomic mass is 9.46. The Balaban J connectivity index is 1.76. The van der Waals surface area contributed by atoms with Crippen LogP contribution in [0.3, 0.4) is 0 Å². The van der Waals surface area contributed by atoms with Crippen LogP contribution in [-0.4, -0.2) is 17.5 Å². The molecule has 0 N–H and O–H groups in total. The fourth-order valence-corrected chi connectivity index (χ4v) is 6.91. The average Bonchev–Trinajstić information content (AvgIpc) is 3.06. The molecule has 4 rings (SSSR count). The van der Waals surface area contributed by atoms with Crippen LogP contribution in [0.5, 0.6) is 0 Å². The van der Waals surface area contributed by atoms with Crippen molar-refractivity contribution < 1.29 is 19.1 Å². The summed E-state index contributed by atoms with van der Waals surface area (Å²) >= 11 is 0. The maximum absolute atomic E-state index is 12.7. The highest BCUT2D eigenvalue weighted by molar-refractivity contribution is 5.98. The minimum atomic E-state index is -0.354. The molecule has 0 aromatic heterocycles. The standard InChI is InChI=1S/C24H30O4/c1-4-21(27)28-22-18-8-7-15-16-9-10-20(26)24(16,6-3)13-11-17(15)23(18,5-2)14-12-19(22)25/h5-6,15-17H,2-4,7-14H2,1H3/t15?,16?,17?,23-,24+/m1/s1. The average molecular weight is 383 g/mol. The molecule has 4 nitrogen and oxygen atoms in total. The van der Waals surface area contributed by atoms with Crippen molar-refractivity contribution in [1.29, 1.82) is 0 Å². The highest BCUT2D eigenvalue weighted by Crippen LogP contribution is 2.65. The molecule has 0 amide bonds. The van der Waals surface area contributed by atoms with Crippen molar-refractivity contribution in [2.24, 2.45) is 28.6 Å². The fourth-order valence-electron chi connectivity index (χ4n) is 6.91. The molecule has 0 aromatic carbocycles. The van der Waals surface area contributed by atoms with E-state index in [0.717, 1.165) is 44.1 Å². The molecule has 28 heavy (non-hydrogen) atoms. The molecule has 4 heteroatoms. The van der Waals surface area contributed by atoms with E-state index in [4.69, 9.17) is 4.74 Å². The van der Waals surface area contributed by atoms with Crippen molar-refractivity contribution in [2.45, 2.75) is 64.7 Å². The summed E-state index contributed by atoms with van der Waals surface area (Å²) < 4.78 is 5.55. The minimum Gasteiger partial charge on any atom is -0.423 e. The molecular weight excluding hydrogens is 352 g/mol. The number of hydrogen-bond donors (Lipinski definition) is 0. The molecule has 4 aliphatic carbocycles. The predicted octanol–water partition coefficient (Wildman–Crippen LogP) is 4.70. The molecule has 0 spiro atoms. The maximum Gasteiger partial charge on any atom is 0.311 e. The smallest absolute Gasteiger partial charge is 0.311 e. The third-order valence-corrected chi connectivity index (χ3v) is 8.24. The second kappa shape index (κ2) is 6.82. The van der Waals surface area contributed by atoms with Crippen LogP contribution in [0.25, 0.3) is 0 Å². The van der Waals surface area contributed by atoms with E-state index in [2.05, 4.69) is 13.2 Å². The molecule has 0 aromatic rings. The van der Waals surface area contributed by atoms with Crippen LogP contribution in [0.15, 0.2) is 36.6 Å². The third kappa shape index (κ3) is 2.46. The Morgan fingerprint density at radius 2 is 1.75 bits per heavy atom. The first-order valence-corrected chi connectivity index (χ1v) is 10.7. The zero-order valence-electron chi connectivity index (χ0n) is 16.8. The summed E-state index contributed by atoms with van der Waals surface area (Å²) in [6.07, 6.45) is 10.4. The van der Waals surface area contributed by atoms with Crippen LogP contribution >= 0.6 is 0 Å². The Morgan fingerprint density at radius 1 is 1.04 bits per heavy atom. The second-order valence-electron chi connectivity index (χ2n) is 8.96. The Kier molecular flexibility index (Phi) is 4.71. The van der Waals surface area contributed by atoms with Crippen molar-refractivity contribution in [3.8, 4) is 0 Å². The zero-order valence-corrected chi connectivity index (χ0v) is 16.8. The number of ether oxygens (including phenoxy) is 1. The first kappa shape index (κ1) is 19.4. The van der Waals surface area contributed by atoms with Gasteiger partial charge in [0.1, 0.15) is 5.78 Å². The molecule has 0 heterocycles. The lowest BCUT2D eigenvalue weighted by Gasteiger charge is -2.57. The Bertz CT molecular complexity index is 790. The van der Waals surface area contributed by atoms with Gasteiger partial charge in [-0.05, 0) is 61.9 Å². The molecule has 150 valence electrons. The topological polar surface area (TPSA) is 60.4 Å². The molecule has 0 saturated heterocycles. The Labute approximate surface area is 167 Å². The van der Waals surface area contributed by atoms with E-state index in [1.54, 1.807) is 6.92 Å². The van der Waals surface area contributed by atoms with Crippen molar-refractivity contribution in [1.82, 2.24) is 0 Å². The zero-order chi connectivity index (χ0) is 20.1. The molecule has 3 fully saturated rings. The molecule has 3 unspecified atom stereocenters. The summed E-state index contributed by atoms with van der Waals surface area (Å²) in [5, 5.41) is 0. The molecule has 3 saturated carbocycles. The first-order valence-electron chi connectivity index (χ1n) is 10.7. The van der Waals surface area contributed by atoms with E-state index in [1.165, 1.54) is 0 Å². The normalized spacial score (nSPS) is 39.7. The van der Waals surface area contributed by atoms with Crippen molar-refractivity contribution in [3.63, 3.8) is 0 Å². The Morgan fingerprint density at radius 3 is 2.43 bits per heavy atom. The molecule has 0 bridgehead atoms. The fraction of sp³-hybridized carbons (Fsp3) is 0.625. The van der Waals surface area contributed by atoms with Crippen molar-refractivity contribution in [2.75, 3.05) is 0 Å². The number of allylic oxidation sites excluding steroid dienone is 3. The van der Waals surface area contributed by atoms with Crippen LogP contribution < -0.4 is 0 Å². The van der Waals surface area contributed by atoms with Crippen LogP contribution in [0.4, 0.5) is 0 Å². The lowest BCUT2D eigenvalue weighted by molar-refractivity contribution is -0.144. The van der Waals surface area contributed by atoms with E-state index < -0.39 is 0 Å². The highest BCUT2D eigenvalue weighted by atomic mass is 16.5. The van der Waals surface area contributed by atoms with Crippen LogP contribution in [0.2, 0.25) is 0 Å². The number of rotatable bonds is 4. The van der Waals surface area contributed by atoms with Gasteiger partial charge in [0.05, 0.1) is 0 Å². The van der Waals surface area contributed by atoms with Gasteiger partial charge in [-0.1, -0.05) is 19.1 Å². The van der Waals surface area contributed by atoms with Crippen LogP contribution in [0, 0.1) is 28.6 Å². The quantitative estimate of drug-likeness (QED) is 0.522. The van der Waals surface area contributed by atoms with Crippen LogP contribution in [0.1, 0.15) is 64.7 Å². The van der Waals surface area contributed by atoms with Gasteiger partial charge in [-0.2, -0.15) is 0 Å². The van der Waals surface area contributed by atoms with Crippen molar-refractivity contribution >= 4 is 17.5 Å². The van der Waals surface area contributed by atoms with Gasteiger partial charge in [-0.3, -0.25) is 14.4 Å². The second-order valence-corrected chi connectivity index (χ2v) is 8.96. The highest BCUT2D eigenvalue weighted by Gasteiger charge is 2.61. The molecular formula is C24H30O4. The molecule has 0 aliphatic heterocycles. The SMILES string of the molecule is C=C[C@]12CCC(=O)C(OC(=O)CC)=C1CCC1C2CC[C@]2(C=C)C(=O)CCC12. The number of esters is 1. The van der Waals surface area contributed by atoms with E-state index >= 15 is 0 Å². The number of hydrogen-bond acceptors (Lipinski definition) is 4. The molecule has 0 radical (unpaired) electrons.